The number of para-hydroxylation sites is 1. The molecular formula is C24H18N6O2S. The Kier molecular flexibility index (Phi) is 5.45. The van der Waals surface area contributed by atoms with Gasteiger partial charge >= 0.3 is 0 Å². The van der Waals surface area contributed by atoms with Crippen LogP contribution in [0.2, 0.25) is 0 Å². The van der Waals surface area contributed by atoms with Crippen molar-refractivity contribution in [2.24, 2.45) is 0 Å². The van der Waals surface area contributed by atoms with E-state index in [4.69, 9.17) is 4.74 Å². The van der Waals surface area contributed by atoms with Gasteiger partial charge in [-0.2, -0.15) is 4.98 Å². The van der Waals surface area contributed by atoms with Crippen LogP contribution in [0.25, 0.3) is 32.7 Å². The number of rotatable bonds is 5. The lowest BCUT2D eigenvalue weighted by Crippen LogP contribution is -2.15. The monoisotopic (exact) mass is 454 g/mol. The second-order valence-corrected chi connectivity index (χ2v) is 8.17. The molecule has 0 spiro atoms. The van der Waals surface area contributed by atoms with Crippen molar-refractivity contribution in [1.29, 1.82) is 0 Å². The maximum Gasteiger partial charge on any atom is 0.261 e. The van der Waals surface area contributed by atoms with Crippen LogP contribution in [0.5, 0.6) is 5.75 Å². The zero-order chi connectivity index (χ0) is 22.8. The summed E-state index contributed by atoms with van der Waals surface area (Å²) in [6, 6.07) is 13.3. The van der Waals surface area contributed by atoms with Gasteiger partial charge in [0.1, 0.15) is 11.6 Å². The third kappa shape index (κ3) is 4.13. The Hall–Kier alpha value is -4.24. The second-order valence-electron chi connectivity index (χ2n) is 7.13. The Morgan fingerprint density at radius 2 is 1.82 bits per heavy atom. The van der Waals surface area contributed by atoms with Crippen LogP contribution in [0.15, 0.2) is 67.3 Å². The number of aromatic nitrogens is 5. The molecule has 0 aliphatic heterocycles. The van der Waals surface area contributed by atoms with Gasteiger partial charge in [0, 0.05) is 35.9 Å². The van der Waals surface area contributed by atoms with E-state index in [2.05, 4.69) is 30.2 Å². The fraction of sp³-hybridized carbons (Fsp3) is 0.0833. The molecule has 0 saturated heterocycles. The quantitative estimate of drug-likeness (QED) is 0.408. The number of nitrogens with zero attached hydrogens (tertiary/aromatic N) is 5. The predicted molar refractivity (Wildman–Crippen MR) is 127 cm³/mol. The molecule has 1 N–H and O–H groups in total. The molecule has 0 radical (unpaired) electrons. The molecule has 0 aliphatic rings. The number of anilines is 1. The Morgan fingerprint density at radius 1 is 1.00 bits per heavy atom. The Labute approximate surface area is 193 Å². The van der Waals surface area contributed by atoms with E-state index >= 15 is 0 Å². The molecule has 5 aromatic rings. The number of carbonyl (C=O) groups excluding carboxylic acids is 1. The lowest BCUT2D eigenvalue weighted by Gasteiger charge is -2.12. The normalized spacial score (nSPS) is 10.8. The standard InChI is InChI=1S/C24H18N6O2S/c1-14-26-13-18(21(28-14)17-5-3-4-6-19(17)32-2)23(31)30-24-29-22-20(33-24)11-16(12-27-22)15-7-9-25-10-8-15/h3-13H,1-2H3,(H,27,29,30,31). The lowest BCUT2D eigenvalue weighted by atomic mass is 10.1. The molecule has 8 nitrogen and oxygen atoms in total. The van der Waals surface area contributed by atoms with Crippen LogP contribution < -0.4 is 10.1 Å². The van der Waals surface area contributed by atoms with Crippen LogP contribution >= 0.6 is 11.3 Å². The van der Waals surface area contributed by atoms with Crippen molar-refractivity contribution in [3.63, 3.8) is 0 Å². The van der Waals surface area contributed by atoms with Gasteiger partial charge in [0.15, 0.2) is 10.8 Å². The third-order valence-corrected chi connectivity index (χ3v) is 5.90. The van der Waals surface area contributed by atoms with Crippen LogP contribution in [-0.2, 0) is 0 Å². The highest BCUT2D eigenvalue weighted by molar-refractivity contribution is 7.22. The van der Waals surface area contributed by atoms with Crippen molar-refractivity contribution in [3.8, 4) is 28.1 Å². The summed E-state index contributed by atoms with van der Waals surface area (Å²) in [5.74, 6) is 0.821. The Morgan fingerprint density at radius 3 is 2.64 bits per heavy atom. The first-order valence-corrected chi connectivity index (χ1v) is 10.9. The Bertz CT molecular complexity index is 1470. The number of thiazole rings is 1. The van der Waals surface area contributed by atoms with Gasteiger partial charge < -0.3 is 4.74 Å². The molecule has 4 heterocycles. The molecule has 0 aliphatic carbocycles. The zero-order valence-electron chi connectivity index (χ0n) is 17.8. The summed E-state index contributed by atoms with van der Waals surface area (Å²) in [5, 5.41) is 3.32. The molecule has 0 atom stereocenters. The van der Waals surface area contributed by atoms with E-state index in [1.807, 2.05) is 42.5 Å². The van der Waals surface area contributed by atoms with E-state index in [1.165, 1.54) is 17.5 Å². The minimum Gasteiger partial charge on any atom is -0.496 e. The molecule has 33 heavy (non-hydrogen) atoms. The first-order chi connectivity index (χ1) is 16.1. The molecule has 9 heteroatoms. The molecule has 162 valence electrons. The molecule has 0 bridgehead atoms. The number of pyridine rings is 2. The van der Waals surface area contributed by atoms with Crippen LogP contribution in [0.3, 0.4) is 0 Å². The zero-order valence-corrected chi connectivity index (χ0v) is 18.6. The summed E-state index contributed by atoms with van der Waals surface area (Å²) in [4.78, 5) is 34.9. The lowest BCUT2D eigenvalue weighted by molar-refractivity contribution is 0.102. The SMILES string of the molecule is COc1ccccc1-c1nc(C)ncc1C(=O)Nc1nc2ncc(-c3ccncc3)cc2s1. The van der Waals surface area contributed by atoms with Crippen molar-refractivity contribution in [1.82, 2.24) is 24.9 Å². The number of benzene rings is 1. The van der Waals surface area contributed by atoms with Crippen LogP contribution in [0.1, 0.15) is 16.2 Å². The number of hydrogen-bond donors (Lipinski definition) is 1. The number of fused-ring (bicyclic) bond motifs is 1. The number of aryl methyl sites for hydroxylation is 1. The fourth-order valence-electron chi connectivity index (χ4n) is 3.42. The van der Waals surface area contributed by atoms with Gasteiger partial charge in [-0.25, -0.2) is 15.0 Å². The highest BCUT2D eigenvalue weighted by atomic mass is 32.1. The minimum atomic E-state index is -0.357. The molecule has 5 rings (SSSR count). The van der Waals surface area contributed by atoms with Crippen molar-refractivity contribution in [2.75, 3.05) is 12.4 Å². The summed E-state index contributed by atoms with van der Waals surface area (Å²) in [6.07, 6.45) is 6.75. The number of amides is 1. The summed E-state index contributed by atoms with van der Waals surface area (Å²) in [5.41, 5.74) is 4.07. The second kappa shape index (κ2) is 8.71. The van der Waals surface area contributed by atoms with Crippen molar-refractivity contribution >= 4 is 32.7 Å². The van der Waals surface area contributed by atoms with Gasteiger partial charge in [-0.05, 0) is 42.8 Å². The van der Waals surface area contributed by atoms with Crippen LogP contribution in [0, 0.1) is 6.92 Å². The molecule has 4 aromatic heterocycles. The van der Waals surface area contributed by atoms with Gasteiger partial charge in [0.05, 0.1) is 23.1 Å². The topological polar surface area (TPSA) is 103 Å². The van der Waals surface area contributed by atoms with Crippen LogP contribution in [0.4, 0.5) is 5.13 Å². The average molecular weight is 455 g/mol. The largest absolute Gasteiger partial charge is 0.496 e. The molecule has 1 amide bonds. The Balaban J connectivity index is 1.48. The fourth-order valence-corrected chi connectivity index (χ4v) is 4.28. The van der Waals surface area contributed by atoms with Gasteiger partial charge in [0.2, 0.25) is 0 Å². The first kappa shape index (κ1) is 20.7. The third-order valence-electron chi connectivity index (χ3n) is 5.00. The molecule has 1 aromatic carbocycles. The van der Waals surface area contributed by atoms with E-state index < -0.39 is 0 Å². The van der Waals surface area contributed by atoms with Crippen molar-refractivity contribution < 1.29 is 9.53 Å². The van der Waals surface area contributed by atoms with Crippen molar-refractivity contribution in [3.05, 3.63) is 78.6 Å². The number of methoxy groups -OCH3 is 1. The summed E-state index contributed by atoms with van der Waals surface area (Å²) in [7, 11) is 1.58. The maximum atomic E-state index is 13.2. The predicted octanol–water partition coefficient (Wildman–Crippen LogP) is 4.78. The number of ether oxygens (including phenoxy) is 1. The van der Waals surface area contributed by atoms with E-state index in [0.717, 1.165) is 15.8 Å². The summed E-state index contributed by atoms with van der Waals surface area (Å²) in [6.45, 7) is 1.78. The summed E-state index contributed by atoms with van der Waals surface area (Å²) >= 11 is 1.35. The smallest absolute Gasteiger partial charge is 0.261 e. The van der Waals surface area contributed by atoms with E-state index in [1.54, 1.807) is 32.6 Å². The van der Waals surface area contributed by atoms with Crippen molar-refractivity contribution in [2.45, 2.75) is 6.92 Å². The van der Waals surface area contributed by atoms with E-state index in [0.29, 0.717) is 39.2 Å². The number of nitrogens with one attached hydrogen (secondary N) is 1. The van der Waals surface area contributed by atoms with Gasteiger partial charge in [-0.1, -0.05) is 23.5 Å². The maximum absolute atomic E-state index is 13.2. The van der Waals surface area contributed by atoms with Gasteiger partial charge in [0.25, 0.3) is 5.91 Å². The highest BCUT2D eigenvalue weighted by Gasteiger charge is 2.20. The number of hydrogen-bond acceptors (Lipinski definition) is 8. The van der Waals surface area contributed by atoms with E-state index in [9.17, 15) is 4.79 Å². The molecule has 0 saturated carbocycles. The molecule has 0 fully saturated rings. The number of carbonyl (C=O) groups is 1. The van der Waals surface area contributed by atoms with Gasteiger partial charge in [-0.15, -0.1) is 0 Å². The summed E-state index contributed by atoms with van der Waals surface area (Å²) < 4.78 is 6.33. The molecular weight excluding hydrogens is 436 g/mol. The highest BCUT2D eigenvalue weighted by Crippen LogP contribution is 2.32. The van der Waals surface area contributed by atoms with E-state index in [-0.39, 0.29) is 5.91 Å². The van der Waals surface area contributed by atoms with Crippen LogP contribution in [-0.4, -0.2) is 37.9 Å². The molecule has 0 unspecified atom stereocenters. The average Bonchev–Trinajstić information content (AvgIpc) is 3.25. The van der Waals surface area contributed by atoms with Gasteiger partial charge in [-0.3, -0.25) is 15.1 Å². The first-order valence-electron chi connectivity index (χ1n) is 10.1. The minimum absolute atomic E-state index is 0.329.